The van der Waals surface area contributed by atoms with Crippen molar-refractivity contribution in [2.45, 2.75) is 13.0 Å². The molecule has 0 saturated heterocycles. The van der Waals surface area contributed by atoms with Crippen molar-refractivity contribution in [1.29, 1.82) is 0 Å². The van der Waals surface area contributed by atoms with E-state index in [2.05, 4.69) is 4.98 Å². The highest BCUT2D eigenvalue weighted by molar-refractivity contribution is 6.12. The Morgan fingerprint density at radius 3 is 2.46 bits per heavy atom. The molecule has 0 radical (unpaired) electrons. The third-order valence-corrected chi connectivity index (χ3v) is 4.03. The summed E-state index contributed by atoms with van der Waals surface area (Å²) in [5, 5.41) is 30.5. The first kappa shape index (κ1) is 17.2. The highest BCUT2D eigenvalue weighted by Gasteiger charge is 2.30. The number of fused-ring (bicyclic) bond motifs is 1. The Kier molecular flexibility index (Phi) is 4.45. The zero-order valence-electron chi connectivity index (χ0n) is 13.8. The van der Waals surface area contributed by atoms with Gasteiger partial charge < -0.3 is 15.3 Å². The molecule has 0 saturated carbocycles. The van der Waals surface area contributed by atoms with Gasteiger partial charge in [0.2, 0.25) is 0 Å². The predicted octanol–water partition coefficient (Wildman–Crippen LogP) is 2.77. The van der Waals surface area contributed by atoms with Crippen LogP contribution in [0.4, 0.5) is 5.82 Å². The van der Waals surface area contributed by atoms with Gasteiger partial charge in [-0.15, -0.1) is 0 Å². The molecule has 3 rings (SSSR count). The molecule has 1 amide bonds. The summed E-state index contributed by atoms with van der Waals surface area (Å²) in [5.41, 5.74) is -0.0816. The van der Waals surface area contributed by atoms with E-state index in [1.807, 2.05) is 0 Å². The molecule has 0 unspecified atom stereocenters. The van der Waals surface area contributed by atoms with Crippen LogP contribution in [-0.4, -0.2) is 38.2 Å². The van der Waals surface area contributed by atoms with Crippen LogP contribution < -0.4 is 4.90 Å². The second-order valence-corrected chi connectivity index (χ2v) is 5.78. The van der Waals surface area contributed by atoms with Crippen LogP contribution in [-0.2, 0) is 4.79 Å². The normalized spacial score (nSPS) is 11.9. The first-order valence-corrected chi connectivity index (χ1v) is 7.81. The van der Waals surface area contributed by atoms with Crippen molar-refractivity contribution < 1.29 is 24.9 Å². The van der Waals surface area contributed by atoms with Gasteiger partial charge in [0.05, 0.1) is 5.56 Å². The van der Waals surface area contributed by atoms with E-state index in [9.17, 15) is 24.9 Å². The summed E-state index contributed by atoms with van der Waals surface area (Å²) >= 11 is 0. The topological polar surface area (TPSA) is 111 Å². The minimum atomic E-state index is -1.21. The van der Waals surface area contributed by atoms with Gasteiger partial charge in [-0.25, -0.2) is 9.78 Å². The van der Waals surface area contributed by atoms with Crippen molar-refractivity contribution in [3.05, 3.63) is 60.3 Å². The highest BCUT2D eigenvalue weighted by Crippen LogP contribution is 2.30. The molecule has 1 aromatic heterocycles. The SMILES string of the molecule is C[C@@H](C(=O)O)N(C(=O)c1cc2cc(O)ccc2cc1O)c1ccccn1. The number of benzene rings is 2. The first-order valence-electron chi connectivity index (χ1n) is 7.81. The van der Waals surface area contributed by atoms with Crippen LogP contribution in [0.25, 0.3) is 10.8 Å². The van der Waals surface area contributed by atoms with Crippen LogP contribution in [0.5, 0.6) is 11.5 Å². The van der Waals surface area contributed by atoms with E-state index in [0.717, 1.165) is 4.90 Å². The lowest BCUT2D eigenvalue weighted by atomic mass is 10.0. The number of aromatic hydroxyl groups is 2. The number of carboxylic acid groups (broad SMARTS) is 1. The largest absolute Gasteiger partial charge is 0.508 e. The van der Waals surface area contributed by atoms with Gasteiger partial charge in [-0.05, 0) is 54.1 Å². The average molecular weight is 352 g/mol. The number of phenols is 2. The number of aliphatic carboxylic acids is 1. The number of anilines is 1. The minimum absolute atomic E-state index is 0.0158. The lowest BCUT2D eigenvalue weighted by Gasteiger charge is -2.26. The molecule has 0 bridgehead atoms. The van der Waals surface area contributed by atoms with Crippen LogP contribution >= 0.6 is 0 Å². The Balaban J connectivity index is 2.13. The molecule has 0 aliphatic rings. The molecule has 26 heavy (non-hydrogen) atoms. The molecule has 3 N–H and O–H groups in total. The maximum Gasteiger partial charge on any atom is 0.326 e. The van der Waals surface area contributed by atoms with Gasteiger partial charge in [0, 0.05) is 6.20 Å². The molecule has 3 aromatic rings. The molecule has 0 fully saturated rings. The van der Waals surface area contributed by atoms with Gasteiger partial charge >= 0.3 is 5.97 Å². The summed E-state index contributed by atoms with van der Waals surface area (Å²) in [5.74, 6) is -2.03. The van der Waals surface area contributed by atoms with E-state index in [0.29, 0.717) is 10.8 Å². The fraction of sp³-hybridized carbons (Fsp3) is 0.105. The Labute approximate surface area is 148 Å². The number of pyridine rings is 1. The van der Waals surface area contributed by atoms with Gasteiger partial charge in [-0.3, -0.25) is 9.69 Å². The van der Waals surface area contributed by atoms with Crippen molar-refractivity contribution >= 4 is 28.5 Å². The van der Waals surface area contributed by atoms with E-state index < -0.39 is 17.9 Å². The molecule has 132 valence electrons. The number of hydrogen-bond donors (Lipinski definition) is 3. The predicted molar refractivity (Wildman–Crippen MR) is 95.4 cm³/mol. The van der Waals surface area contributed by atoms with Gasteiger partial charge in [0.15, 0.2) is 0 Å². The summed E-state index contributed by atoms with van der Waals surface area (Å²) < 4.78 is 0. The van der Waals surface area contributed by atoms with Crippen LogP contribution in [0.3, 0.4) is 0 Å². The number of phenolic OH excluding ortho intramolecular Hbond substituents is 2. The Hall–Kier alpha value is -3.61. The quantitative estimate of drug-likeness (QED) is 0.666. The molecule has 0 aliphatic carbocycles. The maximum absolute atomic E-state index is 13.0. The summed E-state index contributed by atoms with van der Waals surface area (Å²) in [7, 11) is 0. The number of hydrogen-bond acceptors (Lipinski definition) is 5. The zero-order valence-corrected chi connectivity index (χ0v) is 13.8. The number of amides is 1. The molecule has 0 spiro atoms. The van der Waals surface area contributed by atoms with Gasteiger partial charge in [-0.1, -0.05) is 12.1 Å². The summed E-state index contributed by atoms with van der Waals surface area (Å²) in [6, 6.07) is 10.9. The molecular formula is C19H16N2O5. The molecule has 2 aromatic carbocycles. The van der Waals surface area contributed by atoms with E-state index in [1.165, 1.54) is 43.5 Å². The van der Waals surface area contributed by atoms with Crippen LogP contribution in [0.15, 0.2) is 54.7 Å². The lowest BCUT2D eigenvalue weighted by molar-refractivity contribution is -0.138. The number of carbonyl (C=O) groups is 2. The summed E-state index contributed by atoms with van der Waals surface area (Å²) in [6.45, 7) is 1.36. The van der Waals surface area contributed by atoms with Gasteiger partial charge in [-0.2, -0.15) is 0 Å². The van der Waals surface area contributed by atoms with E-state index in [1.54, 1.807) is 18.2 Å². The number of carboxylic acids is 1. The van der Waals surface area contributed by atoms with Crippen molar-refractivity contribution in [3.63, 3.8) is 0 Å². The second kappa shape index (κ2) is 6.72. The number of aromatic nitrogens is 1. The van der Waals surface area contributed by atoms with Crippen molar-refractivity contribution in [2.75, 3.05) is 4.90 Å². The lowest BCUT2D eigenvalue weighted by Crippen LogP contribution is -2.44. The maximum atomic E-state index is 13.0. The van der Waals surface area contributed by atoms with Crippen LogP contribution in [0.2, 0.25) is 0 Å². The molecule has 1 heterocycles. The molecular weight excluding hydrogens is 336 g/mol. The monoisotopic (exact) mass is 352 g/mol. The van der Waals surface area contributed by atoms with Gasteiger partial charge in [0.1, 0.15) is 23.4 Å². The molecule has 1 atom stereocenters. The van der Waals surface area contributed by atoms with E-state index >= 15 is 0 Å². The third kappa shape index (κ3) is 3.14. The van der Waals surface area contributed by atoms with Crippen LogP contribution in [0.1, 0.15) is 17.3 Å². The Morgan fingerprint density at radius 2 is 1.81 bits per heavy atom. The fourth-order valence-electron chi connectivity index (χ4n) is 2.66. The van der Waals surface area contributed by atoms with Crippen molar-refractivity contribution in [3.8, 4) is 11.5 Å². The highest BCUT2D eigenvalue weighted by atomic mass is 16.4. The minimum Gasteiger partial charge on any atom is -0.508 e. The molecule has 7 nitrogen and oxygen atoms in total. The average Bonchev–Trinajstić information content (AvgIpc) is 2.62. The number of rotatable bonds is 4. The second-order valence-electron chi connectivity index (χ2n) is 5.78. The standard InChI is InChI=1S/C19H16N2O5/c1-11(19(25)26)21(17-4-2-3-7-20-17)18(24)15-9-13-8-14(22)6-5-12(13)10-16(15)23/h2-11,22-23H,1H3,(H,25,26)/t11-/m0/s1. The summed E-state index contributed by atoms with van der Waals surface area (Å²) in [4.78, 5) is 29.6. The van der Waals surface area contributed by atoms with Crippen molar-refractivity contribution in [2.24, 2.45) is 0 Å². The van der Waals surface area contributed by atoms with Crippen LogP contribution in [0, 0.1) is 0 Å². The fourth-order valence-corrected chi connectivity index (χ4v) is 2.66. The first-order chi connectivity index (χ1) is 12.4. The zero-order chi connectivity index (χ0) is 18.8. The third-order valence-electron chi connectivity index (χ3n) is 4.03. The number of carbonyl (C=O) groups excluding carboxylic acids is 1. The Bertz CT molecular complexity index is 988. The summed E-state index contributed by atoms with van der Waals surface area (Å²) in [6.07, 6.45) is 1.45. The molecule has 7 heteroatoms. The van der Waals surface area contributed by atoms with E-state index in [4.69, 9.17) is 0 Å². The molecule has 0 aliphatic heterocycles. The Morgan fingerprint density at radius 1 is 1.04 bits per heavy atom. The smallest absolute Gasteiger partial charge is 0.326 e. The van der Waals surface area contributed by atoms with E-state index in [-0.39, 0.29) is 22.9 Å². The van der Waals surface area contributed by atoms with Gasteiger partial charge in [0.25, 0.3) is 5.91 Å². The number of nitrogens with zero attached hydrogens (tertiary/aromatic N) is 2. The van der Waals surface area contributed by atoms with Crippen molar-refractivity contribution in [1.82, 2.24) is 4.98 Å².